The summed E-state index contributed by atoms with van der Waals surface area (Å²) in [6, 6.07) is 0. The van der Waals surface area contributed by atoms with Crippen LogP contribution in [-0.4, -0.2) is 40.2 Å². The minimum absolute atomic E-state index is 0.297. The molecule has 33 heavy (non-hydrogen) atoms. The number of unbranched alkanes of at least 4 members (excludes halogenated alkanes) is 18. The van der Waals surface area contributed by atoms with Crippen LogP contribution in [0.4, 0.5) is 0 Å². The Kier molecular flexibility index (Phi) is 23.0. The molecule has 0 aromatic carbocycles. The lowest BCUT2D eigenvalue weighted by Gasteiger charge is -2.12. The molecule has 0 bridgehead atoms. The van der Waals surface area contributed by atoms with Gasteiger partial charge in [-0.3, -0.25) is 9.32 Å². The molecule has 0 aliphatic rings. The van der Waals surface area contributed by atoms with E-state index in [1.807, 2.05) is 0 Å². The Balaban J connectivity index is 3.24. The van der Waals surface area contributed by atoms with Gasteiger partial charge in [0.05, 0.1) is 6.61 Å². The molecule has 1 unspecified atom stereocenters. The molecule has 0 saturated heterocycles. The molecule has 8 heteroatoms. The fourth-order valence-electron chi connectivity index (χ4n) is 3.84. The Hall–Kier alpha value is -0.460. The molecule has 0 aromatic heterocycles. The molecule has 0 rings (SSSR count). The van der Waals surface area contributed by atoms with Crippen molar-refractivity contribution in [3.63, 3.8) is 0 Å². The van der Waals surface area contributed by atoms with E-state index >= 15 is 0 Å². The van der Waals surface area contributed by atoms with Crippen molar-refractivity contribution >= 4 is 13.8 Å². The molecule has 198 valence electrons. The average molecular weight is 495 g/mol. The van der Waals surface area contributed by atoms with Crippen LogP contribution in [-0.2, 0) is 18.6 Å². The smallest absolute Gasteiger partial charge is 0.463 e. The SMILES string of the molecule is CCCCCCCCCCCCCCCCCCCCCC(=O)OCC(O)COP(=O)(O)O. The van der Waals surface area contributed by atoms with E-state index in [1.165, 1.54) is 103 Å². The number of phosphoric acid groups is 1. The third kappa shape index (κ3) is 27.7. The van der Waals surface area contributed by atoms with Gasteiger partial charge in [-0.05, 0) is 6.42 Å². The number of carbonyl (C=O) groups excluding carboxylic acids is 1. The summed E-state index contributed by atoms with van der Waals surface area (Å²) in [6.45, 7) is 1.37. The molecular weight excluding hydrogens is 443 g/mol. The van der Waals surface area contributed by atoms with Gasteiger partial charge in [0.2, 0.25) is 0 Å². The largest absolute Gasteiger partial charge is 0.469 e. The number of carbonyl (C=O) groups is 1. The van der Waals surface area contributed by atoms with Crippen molar-refractivity contribution in [2.75, 3.05) is 13.2 Å². The summed E-state index contributed by atoms with van der Waals surface area (Å²) >= 11 is 0. The van der Waals surface area contributed by atoms with Crippen molar-refractivity contribution < 1.29 is 33.5 Å². The highest BCUT2D eigenvalue weighted by Crippen LogP contribution is 2.35. The molecule has 0 spiro atoms. The number of rotatable bonds is 25. The maximum Gasteiger partial charge on any atom is 0.469 e. The molecule has 0 saturated carbocycles. The van der Waals surface area contributed by atoms with E-state index in [1.54, 1.807) is 0 Å². The summed E-state index contributed by atoms with van der Waals surface area (Å²) in [5.74, 6) is -0.405. The van der Waals surface area contributed by atoms with Crippen molar-refractivity contribution in [3.05, 3.63) is 0 Å². The monoisotopic (exact) mass is 494 g/mol. The second kappa shape index (κ2) is 23.3. The van der Waals surface area contributed by atoms with Crippen LogP contribution in [0.25, 0.3) is 0 Å². The quantitative estimate of drug-likeness (QED) is 0.0724. The van der Waals surface area contributed by atoms with Crippen molar-refractivity contribution in [1.29, 1.82) is 0 Å². The van der Waals surface area contributed by atoms with Gasteiger partial charge in [-0.2, -0.15) is 0 Å². The lowest BCUT2D eigenvalue weighted by atomic mass is 10.0. The van der Waals surface area contributed by atoms with Crippen LogP contribution in [0.5, 0.6) is 0 Å². The molecule has 7 nitrogen and oxygen atoms in total. The number of hydrogen-bond donors (Lipinski definition) is 3. The zero-order valence-electron chi connectivity index (χ0n) is 21.1. The van der Waals surface area contributed by atoms with Crippen LogP contribution < -0.4 is 0 Å². The number of aliphatic hydroxyl groups is 1. The lowest BCUT2D eigenvalue weighted by molar-refractivity contribution is -0.147. The van der Waals surface area contributed by atoms with E-state index in [9.17, 15) is 14.5 Å². The Morgan fingerprint density at radius 2 is 1.03 bits per heavy atom. The highest BCUT2D eigenvalue weighted by molar-refractivity contribution is 7.46. The van der Waals surface area contributed by atoms with E-state index in [2.05, 4.69) is 11.4 Å². The first-order chi connectivity index (χ1) is 15.8. The van der Waals surface area contributed by atoms with Crippen molar-refractivity contribution in [2.24, 2.45) is 0 Å². The molecule has 0 radical (unpaired) electrons. The summed E-state index contributed by atoms with van der Waals surface area (Å²) in [7, 11) is -4.62. The number of esters is 1. The van der Waals surface area contributed by atoms with Crippen molar-refractivity contribution in [1.82, 2.24) is 0 Å². The Morgan fingerprint density at radius 1 is 0.667 bits per heavy atom. The second-order valence-corrected chi connectivity index (χ2v) is 10.5. The first kappa shape index (κ1) is 32.5. The Bertz CT molecular complexity index is 481. The number of phosphoric ester groups is 1. The minimum atomic E-state index is -4.62. The van der Waals surface area contributed by atoms with Crippen LogP contribution >= 0.6 is 7.82 Å². The zero-order valence-corrected chi connectivity index (χ0v) is 21.9. The topological polar surface area (TPSA) is 113 Å². The molecule has 1 atom stereocenters. The minimum Gasteiger partial charge on any atom is -0.463 e. The van der Waals surface area contributed by atoms with Gasteiger partial charge in [0.1, 0.15) is 12.7 Å². The standard InChI is InChI=1S/C25H51O7P/c1-2-3-4-5-6-7-8-9-10-11-12-13-14-15-16-17-18-19-20-21-25(27)31-22-24(26)23-32-33(28,29)30/h24,26H,2-23H2,1H3,(H2,28,29,30). The van der Waals surface area contributed by atoms with Gasteiger partial charge in [0.25, 0.3) is 0 Å². The van der Waals surface area contributed by atoms with E-state index in [4.69, 9.17) is 14.5 Å². The average Bonchev–Trinajstić information content (AvgIpc) is 2.77. The van der Waals surface area contributed by atoms with Gasteiger partial charge in [-0.25, -0.2) is 4.57 Å². The summed E-state index contributed by atoms with van der Waals surface area (Å²) in [6.07, 6.45) is 23.8. The van der Waals surface area contributed by atoms with E-state index in [0.29, 0.717) is 6.42 Å². The molecule has 0 aliphatic carbocycles. The molecule has 0 amide bonds. The van der Waals surface area contributed by atoms with E-state index in [-0.39, 0.29) is 6.61 Å². The van der Waals surface area contributed by atoms with Crippen LogP contribution in [0.15, 0.2) is 0 Å². The fourth-order valence-corrected chi connectivity index (χ4v) is 4.21. The van der Waals surface area contributed by atoms with Gasteiger partial charge in [0, 0.05) is 6.42 Å². The normalized spacial score (nSPS) is 12.7. The highest BCUT2D eigenvalue weighted by Gasteiger charge is 2.17. The van der Waals surface area contributed by atoms with Gasteiger partial charge >= 0.3 is 13.8 Å². The molecular formula is C25H51O7P. The van der Waals surface area contributed by atoms with Gasteiger partial charge in [-0.15, -0.1) is 0 Å². The van der Waals surface area contributed by atoms with Crippen LogP contribution in [0, 0.1) is 0 Å². The maximum absolute atomic E-state index is 11.6. The summed E-state index contributed by atoms with van der Waals surface area (Å²) in [5.41, 5.74) is 0. The number of hydrogen-bond acceptors (Lipinski definition) is 5. The second-order valence-electron chi connectivity index (χ2n) is 9.24. The third-order valence-corrected chi connectivity index (χ3v) is 6.34. The number of aliphatic hydroxyl groups excluding tert-OH is 1. The molecule has 0 heterocycles. The van der Waals surface area contributed by atoms with Gasteiger partial charge in [-0.1, -0.05) is 122 Å². The summed E-state index contributed by atoms with van der Waals surface area (Å²) < 4.78 is 19.6. The summed E-state index contributed by atoms with van der Waals surface area (Å²) in [5, 5.41) is 9.45. The van der Waals surface area contributed by atoms with Crippen molar-refractivity contribution in [3.8, 4) is 0 Å². The van der Waals surface area contributed by atoms with E-state index in [0.717, 1.165) is 19.3 Å². The first-order valence-electron chi connectivity index (χ1n) is 13.4. The fraction of sp³-hybridized carbons (Fsp3) is 0.960. The van der Waals surface area contributed by atoms with Crippen LogP contribution in [0.1, 0.15) is 135 Å². The molecule has 0 fully saturated rings. The highest BCUT2D eigenvalue weighted by atomic mass is 31.2. The molecule has 0 aliphatic heterocycles. The van der Waals surface area contributed by atoms with Gasteiger partial charge in [0.15, 0.2) is 0 Å². The predicted molar refractivity (Wildman–Crippen MR) is 133 cm³/mol. The van der Waals surface area contributed by atoms with Crippen LogP contribution in [0.3, 0.4) is 0 Å². The van der Waals surface area contributed by atoms with Crippen LogP contribution in [0.2, 0.25) is 0 Å². The van der Waals surface area contributed by atoms with Crippen molar-refractivity contribution in [2.45, 2.75) is 141 Å². The Morgan fingerprint density at radius 3 is 1.39 bits per heavy atom. The predicted octanol–water partition coefficient (Wildman–Crippen LogP) is 6.82. The summed E-state index contributed by atoms with van der Waals surface area (Å²) in [4.78, 5) is 28.7. The first-order valence-corrected chi connectivity index (χ1v) is 14.9. The Labute approximate surface area is 202 Å². The third-order valence-electron chi connectivity index (χ3n) is 5.86. The lowest BCUT2D eigenvalue weighted by Crippen LogP contribution is -2.23. The molecule has 0 aromatic rings. The zero-order chi connectivity index (χ0) is 24.6. The maximum atomic E-state index is 11.6. The number of ether oxygens (including phenoxy) is 1. The molecule has 3 N–H and O–H groups in total. The van der Waals surface area contributed by atoms with Gasteiger partial charge < -0.3 is 19.6 Å². The van der Waals surface area contributed by atoms with E-state index < -0.39 is 26.5 Å².